The molecule has 10 atom stereocenters. The molecule has 3 aromatic heterocycles. The fourth-order valence-corrected chi connectivity index (χ4v) is 12.4. The molecule has 0 saturated carbocycles. The number of primary amides is 1. The first-order valence-corrected chi connectivity index (χ1v) is 32.8. The number of fused-ring (bicyclic) bond motifs is 1. The van der Waals surface area contributed by atoms with E-state index in [1.165, 1.54) is 46.3 Å². The lowest BCUT2D eigenvalue weighted by molar-refractivity contribution is -0.765. The van der Waals surface area contributed by atoms with Gasteiger partial charge >= 0.3 is 33.6 Å². The third kappa shape index (κ3) is 24.7. The second-order valence-electron chi connectivity index (χ2n) is 22.2. The van der Waals surface area contributed by atoms with Crippen LogP contribution in [-0.2, 0) is 60.7 Å². The van der Waals surface area contributed by atoms with Crippen LogP contribution in [0.2, 0.25) is 0 Å². The third-order valence-electron chi connectivity index (χ3n) is 15.1. The number of rotatable bonds is 37. The molecule has 6 heterocycles. The van der Waals surface area contributed by atoms with E-state index in [9.17, 15) is 88.2 Å². The summed E-state index contributed by atoms with van der Waals surface area (Å²) in [6, 6.07) is 2.81. The van der Waals surface area contributed by atoms with Crippen molar-refractivity contribution in [3.8, 4) is 0 Å². The molecular formula is C53H84N13O23P2+. The summed E-state index contributed by atoms with van der Waals surface area (Å²) in [5.74, 6) is -3.82. The average molecular weight is 1330 g/mol. The number of phosphoric acid groups is 2. The van der Waals surface area contributed by atoms with Crippen molar-refractivity contribution in [2.24, 2.45) is 5.73 Å². The van der Waals surface area contributed by atoms with Gasteiger partial charge in [-0.1, -0.05) is 19.3 Å². The number of phosphoric ester groups is 2. The highest BCUT2D eigenvalue weighted by molar-refractivity contribution is 7.61. The zero-order chi connectivity index (χ0) is 66.3. The molecule has 6 rings (SSSR count). The Morgan fingerprint density at radius 3 is 1.68 bits per heavy atom. The Balaban J connectivity index is 0.802. The van der Waals surface area contributed by atoms with E-state index in [1.807, 2.05) is 4.90 Å². The molecule has 3 saturated heterocycles. The van der Waals surface area contributed by atoms with Gasteiger partial charge in [-0.25, -0.2) is 24.1 Å². The molecule has 0 aliphatic carbocycles. The van der Waals surface area contributed by atoms with E-state index < -0.39 is 102 Å². The normalized spacial score (nSPS) is 23.8. The largest absolute Gasteiger partial charge is 0.481 e. The van der Waals surface area contributed by atoms with Crippen molar-refractivity contribution in [1.29, 1.82) is 0 Å². The lowest BCUT2D eigenvalue weighted by atomic mass is 10.0. The molecule has 3 aliphatic heterocycles. The number of anilines is 1. The van der Waals surface area contributed by atoms with Crippen LogP contribution in [0.1, 0.15) is 93.4 Å². The van der Waals surface area contributed by atoms with Gasteiger partial charge in [-0.05, 0) is 38.2 Å². The predicted octanol–water partition coefficient (Wildman–Crippen LogP) is -2.62. The maximum atomic E-state index is 13.0. The number of aliphatic hydroxyl groups excluding tert-OH is 4. The summed E-state index contributed by atoms with van der Waals surface area (Å²) in [6.45, 7) is 0.790. The van der Waals surface area contributed by atoms with Crippen molar-refractivity contribution >= 4 is 74.0 Å². The maximum absolute atomic E-state index is 13.0. The van der Waals surface area contributed by atoms with E-state index in [2.05, 4.69) is 35.2 Å². The number of unbranched alkanes of at least 4 members (excludes halogenated alkanes) is 5. The summed E-state index contributed by atoms with van der Waals surface area (Å²) in [6.07, 6.45) is -0.645. The molecule has 0 spiro atoms. The second kappa shape index (κ2) is 36.3. The molecule has 2 unspecified atom stereocenters. The Morgan fingerprint density at radius 1 is 0.615 bits per heavy atom. The van der Waals surface area contributed by atoms with Gasteiger partial charge in [0, 0.05) is 97.3 Å². The van der Waals surface area contributed by atoms with Crippen LogP contribution in [0, 0.1) is 0 Å². The van der Waals surface area contributed by atoms with E-state index >= 15 is 0 Å². The SMILES string of the molecule is NC(=O)c1ccc[n+]([C@@H]2O[C@H](COP(=O)(O)OP(=O)(O)OC[C@H]3O[C@@H](n4cnc5c(NCCCNC(=O)CCCCCCC(=O)CCCCCNC(=O)CN6CCN(CC(=O)O)CCN(CC(=O)O)CCN(CC(=O)O)CC6)ncnc54)[C@H](O)[C@@H]3O)[C@@H](O)[C@H]2O)c1. The summed E-state index contributed by atoms with van der Waals surface area (Å²) >= 11 is 0. The van der Waals surface area contributed by atoms with Crippen LogP contribution in [0.4, 0.5) is 5.82 Å². The van der Waals surface area contributed by atoms with Crippen molar-refractivity contribution in [1.82, 2.24) is 49.8 Å². The van der Waals surface area contributed by atoms with Crippen molar-refractivity contribution < 1.29 is 116 Å². The molecular weight excluding hydrogens is 1250 g/mol. The lowest BCUT2D eigenvalue weighted by Gasteiger charge is -2.32. The van der Waals surface area contributed by atoms with Gasteiger partial charge in [0.1, 0.15) is 48.2 Å². The Morgan fingerprint density at radius 2 is 1.12 bits per heavy atom. The van der Waals surface area contributed by atoms with Gasteiger partial charge < -0.3 is 76.7 Å². The predicted molar refractivity (Wildman–Crippen MR) is 314 cm³/mol. The molecule has 38 heteroatoms. The van der Waals surface area contributed by atoms with Crippen LogP contribution < -0.4 is 26.3 Å². The molecule has 3 amide bonds. The number of hydrogen-bond donors (Lipinski definition) is 13. The molecule has 36 nitrogen and oxygen atoms in total. The Bertz CT molecular complexity index is 2980. The number of ether oxygens (including phenoxy) is 2. The first-order valence-electron chi connectivity index (χ1n) is 29.8. The topological polar surface area (TPSA) is 504 Å². The molecule has 3 fully saturated rings. The molecule has 0 aromatic carbocycles. The molecule has 3 aromatic rings. The number of carboxylic acid groups (broad SMARTS) is 3. The van der Waals surface area contributed by atoms with Gasteiger partial charge in [0.25, 0.3) is 12.1 Å². The molecule has 14 N–H and O–H groups in total. The summed E-state index contributed by atoms with van der Waals surface area (Å²) in [5, 5.41) is 80.0. The van der Waals surface area contributed by atoms with Crippen LogP contribution in [0.3, 0.4) is 0 Å². The van der Waals surface area contributed by atoms with E-state index in [0.29, 0.717) is 103 Å². The standard InChI is InChI=1S/C53H83N13O23P2/c54-49(80)35-10-8-17-65(26-35)52-47(78)45(76)37(87-52)31-85-90(81,82)89-91(83,84)86-32-38-46(77)48(79)53(88-38)66-34-60-44-50(58-33-59-51(44)66)57-16-9-15-55-39(68)13-6-2-1-4-11-36(67)12-5-3-7-14-56-40(69)27-61-18-20-62(28-41(70)71)22-24-64(30-43(74)75)25-23-63(21-19-61)29-42(72)73/h8,10,17,26,33-34,37-38,45-48,52-53,76-79H,1-7,9,11-16,18-25,27-32H2,(H9-,54,55,56,57,58,59,68,69,70,71,72,73,74,75,80,81,82,83,84)/p+1/t37-,38-,45-,46-,47-,48-,52-,53-/m1/s1. The van der Waals surface area contributed by atoms with Gasteiger partial charge in [0.05, 0.1) is 45.7 Å². The number of hydrogen-bond acceptors (Lipinski definition) is 26. The zero-order valence-corrected chi connectivity index (χ0v) is 51.9. The lowest BCUT2D eigenvalue weighted by Crippen LogP contribution is -2.49. The van der Waals surface area contributed by atoms with Gasteiger partial charge in [-0.15, -0.1) is 0 Å². The van der Waals surface area contributed by atoms with E-state index in [4.69, 9.17) is 24.3 Å². The molecule has 3 aliphatic rings. The second-order valence-corrected chi connectivity index (χ2v) is 25.2. The monoisotopic (exact) mass is 1330 g/mol. The quantitative estimate of drug-likeness (QED) is 0.0160. The number of Topliss-reactive ketones (excluding diaryl/α,β-unsaturated/α-hetero) is 1. The number of nitrogens with one attached hydrogen (secondary N) is 3. The van der Waals surface area contributed by atoms with Crippen molar-refractivity contribution in [2.45, 2.75) is 120 Å². The van der Waals surface area contributed by atoms with Crippen LogP contribution in [0.15, 0.2) is 37.2 Å². The van der Waals surface area contributed by atoms with Crippen LogP contribution in [-0.4, -0.2) is 274 Å². The minimum Gasteiger partial charge on any atom is -0.480 e. The van der Waals surface area contributed by atoms with Crippen molar-refractivity contribution in [3.05, 3.63) is 42.7 Å². The summed E-state index contributed by atoms with van der Waals surface area (Å²) in [7, 11) is -10.9. The maximum Gasteiger partial charge on any atom is 0.481 e. The number of carboxylic acids is 3. The number of nitrogens with zero attached hydrogens (tertiary/aromatic N) is 9. The number of carbonyl (C=O) groups excluding carboxylic acids is 4. The smallest absolute Gasteiger partial charge is 0.480 e. The number of pyridine rings is 1. The zero-order valence-electron chi connectivity index (χ0n) is 50.1. The summed E-state index contributed by atoms with van der Waals surface area (Å²) in [4.78, 5) is 124. The number of amides is 3. The van der Waals surface area contributed by atoms with Gasteiger partial charge in [0.15, 0.2) is 41.7 Å². The van der Waals surface area contributed by atoms with Crippen LogP contribution >= 0.6 is 15.6 Å². The summed E-state index contributed by atoms with van der Waals surface area (Å²) in [5.41, 5.74) is 5.75. The molecule has 508 valence electrons. The van der Waals surface area contributed by atoms with Gasteiger partial charge in [-0.3, -0.25) is 66.8 Å². The number of nitrogens with two attached hydrogens (primary N) is 1. The van der Waals surface area contributed by atoms with Crippen molar-refractivity contribution in [3.63, 3.8) is 0 Å². The van der Waals surface area contributed by atoms with Gasteiger partial charge in [0.2, 0.25) is 11.8 Å². The fraction of sp³-hybridized carbons (Fsp3) is 0.679. The third-order valence-corrected chi connectivity index (χ3v) is 17.7. The number of aromatic nitrogens is 5. The molecule has 91 heavy (non-hydrogen) atoms. The highest BCUT2D eigenvalue weighted by Gasteiger charge is 2.50. The van der Waals surface area contributed by atoms with Crippen molar-refractivity contribution in [2.75, 3.05) is 117 Å². The minimum absolute atomic E-state index is 0.0170. The van der Waals surface area contributed by atoms with E-state index in [1.54, 1.807) is 14.7 Å². The Kier molecular flexibility index (Phi) is 29.5. The Hall–Kier alpha value is -6.15. The first kappa shape index (κ1) is 73.9. The Labute approximate surface area is 522 Å². The highest BCUT2D eigenvalue weighted by Crippen LogP contribution is 2.61. The number of aliphatic carboxylic acids is 3. The summed E-state index contributed by atoms with van der Waals surface area (Å²) < 4.78 is 53.2. The molecule has 0 radical (unpaired) electrons. The molecule has 0 bridgehead atoms. The number of aliphatic hydroxyl groups is 4. The van der Waals surface area contributed by atoms with Crippen LogP contribution in [0.5, 0.6) is 0 Å². The minimum atomic E-state index is -5.48. The number of ketones is 1. The highest BCUT2D eigenvalue weighted by atomic mass is 31.3. The van der Waals surface area contributed by atoms with Gasteiger partial charge in [-0.2, -0.15) is 8.88 Å². The first-order chi connectivity index (χ1) is 43.3. The van der Waals surface area contributed by atoms with E-state index in [-0.39, 0.29) is 86.7 Å². The average Bonchev–Trinajstić information content (AvgIpc) is 1.64. The van der Waals surface area contributed by atoms with Crippen LogP contribution in [0.25, 0.3) is 11.2 Å². The number of carbonyl (C=O) groups is 7. The fourth-order valence-electron chi connectivity index (χ4n) is 10.3. The van der Waals surface area contributed by atoms with E-state index in [0.717, 1.165) is 19.3 Å². The number of imidazole rings is 1.